The van der Waals surface area contributed by atoms with Crippen LogP contribution >= 0.6 is 12.4 Å². The molecule has 0 saturated heterocycles. The van der Waals surface area contributed by atoms with Gasteiger partial charge in [-0.05, 0) is 21.1 Å². The third-order valence-corrected chi connectivity index (χ3v) is 0. The van der Waals surface area contributed by atoms with Gasteiger partial charge in [0.05, 0.1) is 0 Å². The van der Waals surface area contributed by atoms with E-state index in [4.69, 9.17) is 0 Å². The second-order valence-electron chi connectivity index (χ2n) is 1.34. The van der Waals surface area contributed by atoms with E-state index in [1.165, 1.54) is 0 Å². The number of hydrogen-bond acceptors (Lipinski definition) is 1. The molecule has 0 aromatic rings. The van der Waals surface area contributed by atoms with E-state index < -0.39 is 0 Å². The Balaban J connectivity index is -0.0000000450. The Bertz CT molecular complexity index is 15.5. The van der Waals surface area contributed by atoms with E-state index in [1.807, 2.05) is 26.0 Å². The van der Waals surface area contributed by atoms with Crippen LogP contribution in [0.2, 0.25) is 0 Å². The summed E-state index contributed by atoms with van der Waals surface area (Å²) in [7, 11) is 6.00. The van der Waals surface area contributed by atoms with Crippen molar-refractivity contribution in [2.45, 2.75) is 0 Å². The molecule has 1 nitrogen and oxygen atoms in total. The monoisotopic (exact) mass is 97.1 g/mol. The molecule has 0 spiro atoms. The quantitative estimate of drug-likeness (QED) is 0.433. The maximum absolute atomic E-state index is 2.00. The van der Waals surface area contributed by atoms with Crippen LogP contribution < -0.4 is 0 Å². The molecule has 5 heavy (non-hydrogen) atoms. The van der Waals surface area contributed by atoms with Crippen molar-refractivity contribution in [2.24, 2.45) is 0 Å². The first-order chi connectivity index (χ1) is 1.73. The number of rotatable bonds is 0. The maximum atomic E-state index is 2.00. The Morgan fingerprint density at radius 3 is 1.20 bits per heavy atom. The minimum Gasteiger partial charge on any atom is -0.312 e. The van der Waals surface area contributed by atoms with Crippen LogP contribution in [-0.4, -0.2) is 26.0 Å². The second kappa shape index (κ2) is 4.25. The van der Waals surface area contributed by atoms with Crippen molar-refractivity contribution in [3.05, 3.63) is 0 Å². The Labute approximate surface area is 40.9 Å². The van der Waals surface area contributed by atoms with Crippen LogP contribution in [0.15, 0.2) is 0 Å². The fraction of sp³-hybridized carbons (Fsp3) is 1.00. The smallest absolute Gasteiger partial charge is 0 e. The van der Waals surface area contributed by atoms with Gasteiger partial charge in [-0.2, -0.15) is 0 Å². The van der Waals surface area contributed by atoms with Gasteiger partial charge in [0.15, 0.2) is 0 Å². The fourth-order valence-electron chi connectivity index (χ4n) is 0. The summed E-state index contributed by atoms with van der Waals surface area (Å²) in [4.78, 5) is 2.00. The Morgan fingerprint density at radius 2 is 1.20 bits per heavy atom. The summed E-state index contributed by atoms with van der Waals surface area (Å²) in [5, 5.41) is 0. The second-order valence-corrected chi connectivity index (χ2v) is 1.34. The zero-order valence-electron chi connectivity index (χ0n) is 3.86. The molecule has 0 aromatic heterocycles. The minimum atomic E-state index is 0. The van der Waals surface area contributed by atoms with Crippen molar-refractivity contribution in [2.75, 3.05) is 21.1 Å². The molecule has 0 aliphatic carbocycles. The van der Waals surface area contributed by atoms with Crippen molar-refractivity contribution < 1.29 is 1.43 Å². The van der Waals surface area contributed by atoms with Gasteiger partial charge >= 0.3 is 0 Å². The van der Waals surface area contributed by atoms with E-state index in [1.54, 1.807) is 0 Å². The van der Waals surface area contributed by atoms with Crippen LogP contribution in [0.25, 0.3) is 0 Å². The Morgan fingerprint density at radius 1 is 1.20 bits per heavy atom. The topological polar surface area (TPSA) is 3.24 Å². The van der Waals surface area contributed by atoms with Crippen LogP contribution in [0, 0.1) is 0 Å². The highest BCUT2D eigenvalue weighted by Crippen LogP contribution is 1.47. The first-order valence-corrected chi connectivity index (χ1v) is 1.34. The molecular formula is C3H12ClN. The van der Waals surface area contributed by atoms with Gasteiger partial charge in [0.2, 0.25) is 0 Å². The predicted molar refractivity (Wildman–Crippen MR) is 29.0 cm³/mol. The van der Waals surface area contributed by atoms with Crippen molar-refractivity contribution in [1.29, 1.82) is 0 Å². The molecule has 2 heteroatoms. The molecule has 0 aliphatic heterocycles. The minimum absolute atomic E-state index is 0. The van der Waals surface area contributed by atoms with Gasteiger partial charge in [-0.1, -0.05) is 0 Å². The van der Waals surface area contributed by atoms with Gasteiger partial charge in [0, 0.05) is 1.43 Å². The number of nitrogens with zero attached hydrogens (tertiary/aromatic N) is 1. The molecule has 0 radical (unpaired) electrons. The molecule has 0 N–H and O–H groups in total. The molecule has 0 aromatic carbocycles. The molecule has 0 bridgehead atoms. The highest BCUT2D eigenvalue weighted by molar-refractivity contribution is 5.85. The third kappa shape index (κ3) is 344. The van der Waals surface area contributed by atoms with Crippen molar-refractivity contribution in [3.8, 4) is 0 Å². The van der Waals surface area contributed by atoms with E-state index in [0.717, 1.165) is 0 Å². The maximum Gasteiger partial charge on any atom is 0 e. The highest BCUT2D eigenvalue weighted by Gasteiger charge is 1.58. The molecule has 0 amide bonds. The van der Waals surface area contributed by atoms with Crippen LogP contribution in [-0.2, 0) is 0 Å². The molecule has 0 aliphatic rings. The van der Waals surface area contributed by atoms with Gasteiger partial charge in [0.1, 0.15) is 0 Å². The number of hydrogen-bond donors (Lipinski definition) is 0. The predicted octanol–water partition coefficient (Wildman–Crippen LogP) is 0.846. The van der Waals surface area contributed by atoms with Crippen molar-refractivity contribution in [1.82, 2.24) is 4.90 Å². The summed E-state index contributed by atoms with van der Waals surface area (Å²) < 4.78 is 0. The lowest BCUT2D eigenvalue weighted by atomic mass is 11.0. The number of halogens is 1. The third-order valence-electron chi connectivity index (χ3n) is 0. The summed E-state index contributed by atoms with van der Waals surface area (Å²) in [5.41, 5.74) is 0. The average molecular weight is 97.6 g/mol. The van der Waals surface area contributed by atoms with E-state index in [-0.39, 0.29) is 13.8 Å². The molecule has 0 rings (SSSR count). The first kappa shape index (κ1) is 8.98. The van der Waals surface area contributed by atoms with Crippen LogP contribution in [0.4, 0.5) is 0 Å². The lowest BCUT2D eigenvalue weighted by Crippen LogP contribution is -1.99. The summed E-state index contributed by atoms with van der Waals surface area (Å²) >= 11 is 0. The van der Waals surface area contributed by atoms with E-state index in [2.05, 4.69) is 0 Å². The van der Waals surface area contributed by atoms with E-state index >= 15 is 0 Å². The summed E-state index contributed by atoms with van der Waals surface area (Å²) in [6, 6.07) is 0. The fourth-order valence-corrected chi connectivity index (χ4v) is 0. The van der Waals surface area contributed by atoms with Crippen molar-refractivity contribution in [3.63, 3.8) is 0 Å². The van der Waals surface area contributed by atoms with Gasteiger partial charge in [-0.25, -0.2) is 0 Å². The Kier molecular flexibility index (Phi) is 7.63. The lowest BCUT2D eigenvalue weighted by Gasteiger charge is -1.90. The zero-order valence-corrected chi connectivity index (χ0v) is 4.67. The van der Waals surface area contributed by atoms with Crippen molar-refractivity contribution >= 4 is 12.4 Å². The summed E-state index contributed by atoms with van der Waals surface area (Å²) in [5.74, 6) is 0. The normalized spacial score (nSPS) is 7.20. The van der Waals surface area contributed by atoms with E-state index in [9.17, 15) is 0 Å². The molecule has 0 fully saturated rings. The summed E-state index contributed by atoms with van der Waals surface area (Å²) in [6.45, 7) is 0. The molecule has 36 valence electrons. The zero-order chi connectivity index (χ0) is 3.58. The van der Waals surface area contributed by atoms with Crippen LogP contribution in [0.3, 0.4) is 0 Å². The van der Waals surface area contributed by atoms with Gasteiger partial charge < -0.3 is 4.90 Å². The molecule has 0 saturated carbocycles. The van der Waals surface area contributed by atoms with Gasteiger partial charge in [0.25, 0.3) is 0 Å². The lowest BCUT2D eigenvalue weighted by molar-refractivity contribution is 0.505. The van der Waals surface area contributed by atoms with E-state index in [0.29, 0.717) is 0 Å². The van der Waals surface area contributed by atoms with Gasteiger partial charge in [-0.15, -0.1) is 12.4 Å². The SMILES string of the molecule is CN(C)C.Cl.[HH]. The molecule has 0 unspecified atom stereocenters. The molecule has 0 atom stereocenters. The largest absolute Gasteiger partial charge is 0.312 e. The highest BCUT2D eigenvalue weighted by atomic mass is 35.5. The van der Waals surface area contributed by atoms with Crippen LogP contribution in [0.1, 0.15) is 1.43 Å². The van der Waals surface area contributed by atoms with Gasteiger partial charge in [-0.3, -0.25) is 0 Å². The standard InChI is InChI=1S/C3H9N.ClH.H2/c1-4(2)3;;/h1-3H3;2*1H. The Hall–Kier alpha value is 0.250. The summed E-state index contributed by atoms with van der Waals surface area (Å²) in [6.07, 6.45) is 0. The first-order valence-electron chi connectivity index (χ1n) is 1.34. The average Bonchev–Trinajstić information content (AvgIpc) is 0.811. The molecule has 0 heterocycles. The molecular weight excluding hydrogens is 85.5 g/mol. The van der Waals surface area contributed by atoms with Crippen LogP contribution in [0.5, 0.6) is 0 Å².